The Balaban J connectivity index is 2.19. The van der Waals surface area contributed by atoms with Crippen LogP contribution in [0.25, 0.3) is 11.6 Å². The second kappa shape index (κ2) is 4.50. The first-order valence-electron chi connectivity index (χ1n) is 6.31. The second-order valence-corrected chi connectivity index (χ2v) is 4.75. The zero-order valence-electron chi connectivity index (χ0n) is 11.4. The summed E-state index contributed by atoms with van der Waals surface area (Å²) in [6.07, 6.45) is 4.31. The molecule has 98 valence electrons. The van der Waals surface area contributed by atoms with Gasteiger partial charge in [0.1, 0.15) is 0 Å². The van der Waals surface area contributed by atoms with Crippen LogP contribution in [0.4, 0.5) is 0 Å². The Morgan fingerprint density at radius 2 is 1.84 bits per heavy atom. The van der Waals surface area contributed by atoms with Crippen LogP contribution in [0.2, 0.25) is 0 Å². The third-order valence-corrected chi connectivity index (χ3v) is 3.59. The topological polar surface area (TPSA) is 23.4 Å². The fourth-order valence-corrected chi connectivity index (χ4v) is 2.61. The molecule has 0 bridgehead atoms. The maximum atomic E-state index is 5.38. The van der Waals surface area contributed by atoms with Gasteiger partial charge in [-0.1, -0.05) is 0 Å². The Morgan fingerprint density at radius 1 is 1.11 bits per heavy atom. The predicted octanol–water partition coefficient (Wildman–Crippen LogP) is 3.43. The Morgan fingerprint density at radius 3 is 2.58 bits per heavy atom. The molecule has 0 fully saturated rings. The number of methoxy groups -OCH3 is 2. The van der Waals surface area contributed by atoms with E-state index in [-0.39, 0.29) is 0 Å². The molecule has 0 saturated carbocycles. The van der Waals surface area contributed by atoms with Gasteiger partial charge in [0.25, 0.3) is 0 Å². The molecule has 0 atom stereocenters. The fourth-order valence-electron chi connectivity index (χ4n) is 2.61. The molecule has 2 heterocycles. The number of fused-ring (bicyclic) bond motifs is 2. The minimum Gasteiger partial charge on any atom is -0.493 e. The van der Waals surface area contributed by atoms with E-state index in [1.165, 1.54) is 22.4 Å². The van der Waals surface area contributed by atoms with Crippen LogP contribution in [0.15, 0.2) is 30.5 Å². The molecular formula is C16H17NO2. The quantitative estimate of drug-likeness (QED) is 0.820. The van der Waals surface area contributed by atoms with Gasteiger partial charge in [-0.15, -0.1) is 0 Å². The molecule has 2 aromatic rings. The van der Waals surface area contributed by atoms with Crippen molar-refractivity contribution in [1.29, 1.82) is 0 Å². The van der Waals surface area contributed by atoms with Crippen LogP contribution in [-0.2, 0) is 6.54 Å². The summed E-state index contributed by atoms with van der Waals surface area (Å²) in [5.41, 5.74) is 4.95. The Labute approximate surface area is 113 Å². The first-order chi connectivity index (χ1) is 9.22. The Kier molecular flexibility index (Phi) is 2.82. The first kappa shape index (κ1) is 11.9. The van der Waals surface area contributed by atoms with Gasteiger partial charge in [-0.05, 0) is 54.0 Å². The van der Waals surface area contributed by atoms with E-state index in [1.54, 1.807) is 14.2 Å². The van der Waals surface area contributed by atoms with E-state index in [1.807, 2.05) is 6.07 Å². The van der Waals surface area contributed by atoms with Gasteiger partial charge < -0.3 is 14.0 Å². The van der Waals surface area contributed by atoms with Crippen molar-refractivity contribution in [3.05, 3.63) is 47.3 Å². The highest BCUT2D eigenvalue weighted by Gasteiger charge is 2.15. The molecule has 0 radical (unpaired) electrons. The monoisotopic (exact) mass is 255 g/mol. The molecule has 3 heteroatoms. The standard InChI is InChI=1S/C16H17NO2/c1-11-7-12-8-15(18-2)16(19-3)9-13(12)10-17-6-4-5-14(11)17/h4-9H,10H2,1-3H3. The van der Waals surface area contributed by atoms with E-state index in [4.69, 9.17) is 9.47 Å². The van der Waals surface area contributed by atoms with Crippen LogP contribution in [0.5, 0.6) is 11.5 Å². The number of hydrogen-bond donors (Lipinski definition) is 0. The maximum Gasteiger partial charge on any atom is 0.161 e. The van der Waals surface area contributed by atoms with Gasteiger partial charge in [-0.2, -0.15) is 0 Å². The molecule has 0 aliphatic carbocycles. The zero-order chi connectivity index (χ0) is 13.4. The summed E-state index contributed by atoms with van der Waals surface area (Å²) in [4.78, 5) is 0. The molecule has 3 rings (SSSR count). The molecular weight excluding hydrogens is 238 g/mol. The second-order valence-electron chi connectivity index (χ2n) is 4.75. The first-order valence-corrected chi connectivity index (χ1v) is 6.31. The summed E-state index contributed by atoms with van der Waals surface area (Å²) in [5, 5.41) is 0. The highest BCUT2D eigenvalue weighted by Crippen LogP contribution is 2.34. The molecule has 1 aliphatic rings. The molecule has 0 amide bonds. The number of nitrogens with zero attached hydrogens (tertiary/aromatic N) is 1. The van der Waals surface area contributed by atoms with Crippen LogP contribution in [0.1, 0.15) is 23.7 Å². The van der Waals surface area contributed by atoms with Crippen LogP contribution in [0.3, 0.4) is 0 Å². The van der Waals surface area contributed by atoms with Gasteiger partial charge in [-0.3, -0.25) is 0 Å². The summed E-state index contributed by atoms with van der Waals surface area (Å²) in [5.74, 6) is 1.56. The van der Waals surface area contributed by atoms with Gasteiger partial charge >= 0.3 is 0 Å². The molecule has 0 saturated heterocycles. The molecule has 1 aliphatic heterocycles. The number of allylic oxidation sites excluding steroid dienone is 1. The van der Waals surface area contributed by atoms with Crippen LogP contribution < -0.4 is 9.47 Å². The van der Waals surface area contributed by atoms with Gasteiger partial charge in [0.05, 0.1) is 14.2 Å². The highest BCUT2D eigenvalue weighted by atomic mass is 16.5. The summed E-state index contributed by atoms with van der Waals surface area (Å²) >= 11 is 0. The summed E-state index contributed by atoms with van der Waals surface area (Å²) < 4.78 is 13.0. The number of rotatable bonds is 2. The Hall–Kier alpha value is -2.16. The zero-order valence-corrected chi connectivity index (χ0v) is 11.4. The van der Waals surface area contributed by atoms with Crippen molar-refractivity contribution in [2.24, 2.45) is 0 Å². The van der Waals surface area contributed by atoms with E-state index in [9.17, 15) is 0 Å². The summed E-state index contributed by atoms with van der Waals surface area (Å²) in [6, 6.07) is 8.34. The maximum absolute atomic E-state index is 5.38. The van der Waals surface area contributed by atoms with E-state index in [2.05, 4.69) is 42.0 Å². The Bertz CT molecular complexity index is 653. The lowest BCUT2D eigenvalue weighted by molar-refractivity contribution is 0.354. The lowest BCUT2D eigenvalue weighted by Crippen LogP contribution is -2.02. The number of aromatic nitrogens is 1. The van der Waals surface area contributed by atoms with Crippen LogP contribution in [-0.4, -0.2) is 18.8 Å². The predicted molar refractivity (Wildman–Crippen MR) is 76.6 cm³/mol. The van der Waals surface area contributed by atoms with Gasteiger partial charge in [0.15, 0.2) is 11.5 Å². The van der Waals surface area contributed by atoms with E-state index < -0.39 is 0 Å². The summed E-state index contributed by atoms with van der Waals surface area (Å²) in [7, 11) is 3.34. The number of benzene rings is 1. The molecule has 0 spiro atoms. The molecule has 19 heavy (non-hydrogen) atoms. The van der Waals surface area contributed by atoms with Crippen LogP contribution in [0, 0.1) is 0 Å². The number of hydrogen-bond acceptors (Lipinski definition) is 2. The van der Waals surface area contributed by atoms with Crippen LogP contribution >= 0.6 is 0 Å². The van der Waals surface area contributed by atoms with Crippen molar-refractivity contribution in [3.63, 3.8) is 0 Å². The molecule has 0 unspecified atom stereocenters. The van der Waals surface area contributed by atoms with E-state index >= 15 is 0 Å². The molecule has 3 nitrogen and oxygen atoms in total. The number of ether oxygens (including phenoxy) is 2. The SMILES string of the molecule is COc1cc2c(cc1OC)Cn1cccc1C(C)=C2. The molecule has 0 N–H and O–H groups in total. The smallest absolute Gasteiger partial charge is 0.161 e. The third kappa shape index (κ3) is 1.91. The highest BCUT2D eigenvalue weighted by molar-refractivity contribution is 5.82. The largest absolute Gasteiger partial charge is 0.493 e. The van der Waals surface area contributed by atoms with Gasteiger partial charge in [0, 0.05) is 18.4 Å². The minimum absolute atomic E-state index is 0.775. The molecule has 1 aromatic heterocycles. The third-order valence-electron chi connectivity index (χ3n) is 3.59. The van der Waals surface area contributed by atoms with Crippen molar-refractivity contribution in [1.82, 2.24) is 4.57 Å². The average Bonchev–Trinajstić information content (AvgIpc) is 2.83. The fraction of sp³-hybridized carbons (Fsp3) is 0.250. The lowest BCUT2D eigenvalue weighted by Gasteiger charge is -2.12. The van der Waals surface area contributed by atoms with Crippen molar-refractivity contribution in [2.75, 3.05) is 14.2 Å². The van der Waals surface area contributed by atoms with Gasteiger partial charge in [-0.25, -0.2) is 0 Å². The van der Waals surface area contributed by atoms with Crippen molar-refractivity contribution < 1.29 is 9.47 Å². The summed E-state index contributed by atoms with van der Waals surface area (Å²) in [6.45, 7) is 2.99. The van der Waals surface area contributed by atoms with Crippen molar-refractivity contribution in [3.8, 4) is 11.5 Å². The minimum atomic E-state index is 0.775. The molecule has 1 aromatic carbocycles. The average molecular weight is 255 g/mol. The van der Waals surface area contributed by atoms with Gasteiger partial charge in [0.2, 0.25) is 0 Å². The van der Waals surface area contributed by atoms with Crippen molar-refractivity contribution >= 4 is 11.6 Å². The van der Waals surface area contributed by atoms with Crippen molar-refractivity contribution in [2.45, 2.75) is 13.5 Å². The normalized spacial score (nSPS) is 13.1. The van der Waals surface area contributed by atoms with E-state index in [0.717, 1.165) is 18.0 Å². The van der Waals surface area contributed by atoms with E-state index in [0.29, 0.717) is 0 Å². The lowest BCUT2D eigenvalue weighted by atomic mass is 10.0.